The van der Waals surface area contributed by atoms with Crippen LogP contribution in [0.25, 0.3) is 0 Å². The van der Waals surface area contributed by atoms with Crippen LogP contribution >= 0.6 is 23.1 Å². The highest BCUT2D eigenvalue weighted by Gasteiger charge is 2.28. The van der Waals surface area contributed by atoms with Crippen LogP contribution in [0.5, 0.6) is 0 Å². The summed E-state index contributed by atoms with van der Waals surface area (Å²) in [5.41, 5.74) is 1.30. The molecule has 186 valence electrons. The number of hydrogen-bond acceptors (Lipinski definition) is 7. The lowest BCUT2D eigenvalue weighted by Gasteiger charge is -2.26. The van der Waals surface area contributed by atoms with Gasteiger partial charge in [-0.2, -0.15) is 0 Å². The molecule has 1 N–H and O–H groups in total. The molecule has 0 fully saturated rings. The molecule has 0 spiro atoms. The summed E-state index contributed by atoms with van der Waals surface area (Å²) in [4.78, 5) is 13.5. The van der Waals surface area contributed by atoms with E-state index in [-0.39, 0.29) is 22.7 Å². The van der Waals surface area contributed by atoms with Gasteiger partial charge in [0.05, 0.1) is 22.7 Å². The number of rotatable bonds is 10. The van der Waals surface area contributed by atoms with Crippen molar-refractivity contribution in [1.29, 1.82) is 0 Å². The smallest absolute Gasteiger partial charge is 0.264 e. The number of carbonyl (C=O) groups is 1. The van der Waals surface area contributed by atoms with Crippen LogP contribution < -0.4 is 9.62 Å². The lowest BCUT2D eigenvalue weighted by atomic mass is 10.1. The van der Waals surface area contributed by atoms with E-state index in [0.717, 1.165) is 15.7 Å². The zero-order valence-corrected chi connectivity index (χ0v) is 22.3. The fraction of sp³-hybridized carbons (Fsp3) is 0.192. The minimum absolute atomic E-state index is 0.0666. The van der Waals surface area contributed by atoms with Crippen molar-refractivity contribution in [2.75, 3.05) is 15.4 Å². The molecule has 0 saturated carbocycles. The molecule has 10 heteroatoms. The fourth-order valence-electron chi connectivity index (χ4n) is 3.37. The maximum Gasteiger partial charge on any atom is 0.264 e. The van der Waals surface area contributed by atoms with Gasteiger partial charge in [-0.25, -0.2) is 8.42 Å². The Morgan fingerprint density at radius 1 is 0.944 bits per heavy atom. The van der Waals surface area contributed by atoms with E-state index in [1.807, 2.05) is 30.3 Å². The molecular weight excluding hydrogens is 513 g/mol. The van der Waals surface area contributed by atoms with Gasteiger partial charge >= 0.3 is 0 Å². The Hall–Kier alpha value is -3.21. The zero-order valence-electron chi connectivity index (χ0n) is 19.9. The van der Waals surface area contributed by atoms with Crippen molar-refractivity contribution in [2.45, 2.75) is 29.6 Å². The first-order valence-corrected chi connectivity index (χ1v) is 14.6. The van der Waals surface area contributed by atoms with Crippen molar-refractivity contribution >= 4 is 49.8 Å². The number of amides is 1. The molecule has 3 aromatic carbocycles. The molecule has 0 aliphatic rings. The molecule has 4 rings (SSSR count). The molecule has 0 aliphatic heterocycles. The average molecular weight is 539 g/mol. The summed E-state index contributed by atoms with van der Waals surface area (Å²) in [7, 11) is -3.97. The third-order valence-corrected chi connectivity index (χ3v) is 9.26. The first-order chi connectivity index (χ1) is 17.3. The van der Waals surface area contributed by atoms with Crippen molar-refractivity contribution in [1.82, 2.24) is 10.2 Å². The van der Waals surface area contributed by atoms with Gasteiger partial charge in [0, 0.05) is 5.75 Å². The Morgan fingerprint density at radius 2 is 1.58 bits per heavy atom. The minimum Gasteiger partial charge on any atom is -0.296 e. The number of hydrogen-bond donors (Lipinski definition) is 1. The number of carbonyl (C=O) groups excluding carboxylic acids is 1. The van der Waals surface area contributed by atoms with Crippen LogP contribution in [0.1, 0.15) is 29.8 Å². The Morgan fingerprint density at radius 3 is 2.28 bits per heavy atom. The molecule has 1 amide bonds. The predicted octanol–water partition coefficient (Wildman–Crippen LogP) is 5.93. The van der Waals surface area contributed by atoms with E-state index in [9.17, 15) is 13.2 Å². The second-order valence-corrected chi connectivity index (χ2v) is 12.5. The summed E-state index contributed by atoms with van der Waals surface area (Å²) in [5, 5.41) is 11.4. The van der Waals surface area contributed by atoms with Gasteiger partial charge in [0.15, 0.2) is 4.34 Å². The summed E-state index contributed by atoms with van der Waals surface area (Å²) in [5.74, 6) is 0.950. The Kier molecular flexibility index (Phi) is 8.40. The van der Waals surface area contributed by atoms with Crippen LogP contribution in [-0.2, 0) is 16.6 Å². The number of sulfonamides is 1. The molecule has 7 nitrogen and oxygen atoms in total. The topological polar surface area (TPSA) is 92.3 Å². The van der Waals surface area contributed by atoms with E-state index in [4.69, 9.17) is 0 Å². The summed E-state index contributed by atoms with van der Waals surface area (Å²) in [6, 6.07) is 24.2. The van der Waals surface area contributed by atoms with Gasteiger partial charge in [0.25, 0.3) is 15.9 Å². The Bertz CT molecular complexity index is 1410. The molecule has 0 atom stereocenters. The highest BCUT2D eigenvalue weighted by Crippen LogP contribution is 2.31. The van der Waals surface area contributed by atoms with E-state index in [2.05, 4.69) is 29.4 Å². The van der Waals surface area contributed by atoms with Gasteiger partial charge in [-0.05, 0) is 35.7 Å². The summed E-state index contributed by atoms with van der Waals surface area (Å²) in [6.45, 7) is 4.31. The van der Waals surface area contributed by atoms with Gasteiger partial charge in [0.2, 0.25) is 5.13 Å². The van der Waals surface area contributed by atoms with Gasteiger partial charge in [-0.1, -0.05) is 97.6 Å². The average Bonchev–Trinajstić information content (AvgIpc) is 3.34. The summed E-state index contributed by atoms with van der Waals surface area (Å²) >= 11 is 2.88. The van der Waals surface area contributed by atoms with Crippen molar-refractivity contribution < 1.29 is 13.2 Å². The molecule has 1 heterocycles. The zero-order chi connectivity index (χ0) is 25.5. The van der Waals surface area contributed by atoms with Crippen LogP contribution in [-0.4, -0.2) is 30.3 Å². The number of nitrogens with one attached hydrogen (secondary N) is 1. The third kappa shape index (κ3) is 6.31. The molecule has 0 aliphatic carbocycles. The van der Waals surface area contributed by atoms with Gasteiger partial charge < -0.3 is 0 Å². The fourth-order valence-corrected chi connectivity index (χ4v) is 6.59. The minimum atomic E-state index is -3.97. The first kappa shape index (κ1) is 25.9. The van der Waals surface area contributed by atoms with Crippen molar-refractivity contribution in [3.05, 3.63) is 96.1 Å². The first-order valence-electron chi connectivity index (χ1n) is 11.3. The van der Waals surface area contributed by atoms with Crippen molar-refractivity contribution in [3.8, 4) is 0 Å². The SMILES string of the molecule is CC(C)CSc1nnc(NC(=O)c2ccccc2N(Cc2ccccc2)S(=O)(=O)c2ccccc2)s1. The third-order valence-electron chi connectivity index (χ3n) is 5.08. The molecule has 0 bridgehead atoms. The van der Waals surface area contributed by atoms with E-state index < -0.39 is 15.9 Å². The second-order valence-electron chi connectivity index (χ2n) is 8.36. The highest BCUT2D eigenvalue weighted by atomic mass is 32.2. The van der Waals surface area contributed by atoms with E-state index in [1.165, 1.54) is 15.6 Å². The molecule has 1 aromatic heterocycles. The standard InChI is InChI=1S/C26H26N4O3S3/c1-19(2)18-34-26-29-28-25(35-26)27-24(31)22-15-9-10-16-23(22)30(17-20-11-5-3-6-12-20)36(32,33)21-13-7-4-8-14-21/h3-16,19H,17-18H2,1-2H3,(H,27,28,31). The molecule has 0 saturated heterocycles. The number of benzene rings is 3. The van der Waals surface area contributed by atoms with Crippen LogP contribution in [0.4, 0.5) is 10.8 Å². The maximum atomic E-state index is 13.8. The van der Waals surface area contributed by atoms with E-state index in [1.54, 1.807) is 66.4 Å². The monoisotopic (exact) mass is 538 g/mol. The second kappa shape index (κ2) is 11.7. The molecular formula is C26H26N4O3S3. The maximum absolute atomic E-state index is 13.8. The molecule has 0 unspecified atom stereocenters. The van der Waals surface area contributed by atoms with Gasteiger partial charge in [0.1, 0.15) is 0 Å². The van der Waals surface area contributed by atoms with Crippen LogP contribution in [0.3, 0.4) is 0 Å². The van der Waals surface area contributed by atoms with Crippen molar-refractivity contribution in [3.63, 3.8) is 0 Å². The predicted molar refractivity (Wildman–Crippen MR) is 146 cm³/mol. The van der Waals surface area contributed by atoms with Gasteiger partial charge in [-0.3, -0.25) is 14.4 Å². The molecule has 4 aromatic rings. The van der Waals surface area contributed by atoms with E-state index in [0.29, 0.717) is 11.0 Å². The molecule has 36 heavy (non-hydrogen) atoms. The lowest BCUT2D eigenvalue weighted by Crippen LogP contribution is -2.32. The molecule has 0 radical (unpaired) electrons. The van der Waals surface area contributed by atoms with Crippen LogP contribution in [0.2, 0.25) is 0 Å². The number of thioether (sulfide) groups is 1. The van der Waals surface area contributed by atoms with E-state index >= 15 is 0 Å². The summed E-state index contributed by atoms with van der Waals surface area (Å²) in [6.07, 6.45) is 0. The number of para-hydroxylation sites is 1. The number of nitrogens with zero attached hydrogens (tertiary/aromatic N) is 3. The quantitative estimate of drug-likeness (QED) is 0.199. The Balaban J connectivity index is 1.68. The van der Waals surface area contributed by atoms with Gasteiger partial charge in [-0.15, -0.1) is 10.2 Å². The summed E-state index contributed by atoms with van der Waals surface area (Å²) < 4.78 is 29.6. The lowest BCUT2D eigenvalue weighted by molar-refractivity contribution is 0.102. The Labute approximate surface area is 219 Å². The normalized spacial score (nSPS) is 11.4. The number of aromatic nitrogens is 2. The largest absolute Gasteiger partial charge is 0.296 e. The van der Waals surface area contributed by atoms with Crippen LogP contribution in [0.15, 0.2) is 94.2 Å². The van der Waals surface area contributed by atoms with Crippen LogP contribution in [0, 0.1) is 5.92 Å². The number of anilines is 2. The highest BCUT2D eigenvalue weighted by molar-refractivity contribution is 8.01. The van der Waals surface area contributed by atoms with Crippen molar-refractivity contribution in [2.24, 2.45) is 5.92 Å².